The molecule has 0 spiro atoms. The molecule has 1 aromatic carbocycles. The van der Waals surface area contributed by atoms with E-state index >= 15 is 0 Å². The second kappa shape index (κ2) is 4.58. The van der Waals surface area contributed by atoms with E-state index in [0.717, 1.165) is 17.9 Å². The summed E-state index contributed by atoms with van der Waals surface area (Å²) in [5.41, 5.74) is 2.42. The van der Waals surface area contributed by atoms with Crippen LogP contribution < -0.4 is 10.2 Å². The Bertz CT molecular complexity index is 561. The van der Waals surface area contributed by atoms with Crippen molar-refractivity contribution in [1.82, 2.24) is 10.3 Å². The number of para-hydroxylation sites is 1. The van der Waals surface area contributed by atoms with Gasteiger partial charge in [-0.1, -0.05) is 18.2 Å². The van der Waals surface area contributed by atoms with Gasteiger partial charge < -0.3 is 10.2 Å². The van der Waals surface area contributed by atoms with Crippen LogP contribution in [0.3, 0.4) is 0 Å². The van der Waals surface area contributed by atoms with Gasteiger partial charge in [0.1, 0.15) is 5.82 Å². The molecule has 0 saturated heterocycles. The molecule has 2 aromatic rings. The molecule has 3 heteroatoms. The fraction of sp³-hybridized carbons (Fsp3) is 0.400. The van der Waals surface area contributed by atoms with Gasteiger partial charge in [-0.15, -0.1) is 0 Å². The zero-order valence-corrected chi connectivity index (χ0v) is 11.0. The van der Waals surface area contributed by atoms with Crippen LogP contribution in [0.5, 0.6) is 0 Å². The number of rotatable bonds is 4. The zero-order chi connectivity index (χ0) is 12.5. The first kappa shape index (κ1) is 11.5. The van der Waals surface area contributed by atoms with Gasteiger partial charge in [0.2, 0.25) is 0 Å². The summed E-state index contributed by atoms with van der Waals surface area (Å²) in [5.74, 6) is 1.10. The van der Waals surface area contributed by atoms with Gasteiger partial charge in [0.05, 0.1) is 5.52 Å². The molecular formula is C15H19N3. The fourth-order valence-corrected chi connectivity index (χ4v) is 2.40. The van der Waals surface area contributed by atoms with E-state index in [1.807, 2.05) is 7.05 Å². The smallest absolute Gasteiger partial charge is 0.129 e. The number of anilines is 1. The van der Waals surface area contributed by atoms with Crippen molar-refractivity contribution in [2.75, 3.05) is 19.0 Å². The van der Waals surface area contributed by atoms with Crippen LogP contribution in [0.15, 0.2) is 30.3 Å². The molecule has 0 amide bonds. The third-order valence-corrected chi connectivity index (χ3v) is 3.61. The van der Waals surface area contributed by atoms with Crippen molar-refractivity contribution in [3.8, 4) is 0 Å². The summed E-state index contributed by atoms with van der Waals surface area (Å²) in [4.78, 5) is 7.09. The van der Waals surface area contributed by atoms with E-state index in [0.29, 0.717) is 6.04 Å². The average Bonchev–Trinajstić information content (AvgIpc) is 3.22. The Morgan fingerprint density at radius 2 is 2.11 bits per heavy atom. The van der Waals surface area contributed by atoms with Crippen LogP contribution >= 0.6 is 0 Å². The Labute approximate surface area is 108 Å². The van der Waals surface area contributed by atoms with E-state index in [-0.39, 0.29) is 0 Å². The van der Waals surface area contributed by atoms with Crippen LogP contribution in [0.2, 0.25) is 0 Å². The van der Waals surface area contributed by atoms with Crippen LogP contribution in [0.25, 0.3) is 10.9 Å². The van der Waals surface area contributed by atoms with Gasteiger partial charge in [-0.3, -0.25) is 0 Å². The van der Waals surface area contributed by atoms with E-state index in [1.165, 1.54) is 23.8 Å². The highest BCUT2D eigenvalue weighted by Gasteiger charge is 2.27. The molecule has 1 fully saturated rings. The van der Waals surface area contributed by atoms with Crippen molar-refractivity contribution >= 4 is 16.7 Å². The maximum Gasteiger partial charge on any atom is 0.129 e. The summed E-state index contributed by atoms with van der Waals surface area (Å²) in [6.45, 7) is 0.883. The third kappa shape index (κ3) is 2.06. The van der Waals surface area contributed by atoms with Crippen LogP contribution in [-0.4, -0.2) is 25.1 Å². The Morgan fingerprint density at radius 1 is 1.33 bits per heavy atom. The molecule has 1 aliphatic rings. The quantitative estimate of drug-likeness (QED) is 0.891. The second-order valence-corrected chi connectivity index (χ2v) is 5.03. The summed E-state index contributed by atoms with van der Waals surface area (Å²) in [6.07, 6.45) is 2.60. The van der Waals surface area contributed by atoms with Crippen LogP contribution in [-0.2, 0) is 6.54 Å². The third-order valence-electron chi connectivity index (χ3n) is 3.61. The molecule has 3 nitrogen and oxygen atoms in total. The van der Waals surface area contributed by atoms with Crippen molar-refractivity contribution in [3.63, 3.8) is 0 Å². The Balaban J connectivity index is 2.09. The molecule has 1 saturated carbocycles. The molecule has 0 aliphatic heterocycles. The second-order valence-electron chi connectivity index (χ2n) is 5.03. The number of hydrogen-bond acceptors (Lipinski definition) is 3. The number of fused-ring (bicyclic) bond motifs is 1. The lowest BCUT2D eigenvalue weighted by atomic mass is 10.1. The number of aromatic nitrogens is 1. The number of nitrogens with zero attached hydrogens (tertiary/aromatic N) is 2. The molecule has 1 aromatic heterocycles. The monoisotopic (exact) mass is 241 g/mol. The van der Waals surface area contributed by atoms with Crippen molar-refractivity contribution in [2.45, 2.75) is 25.4 Å². The molecule has 18 heavy (non-hydrogen) atoms. The van der Waals surface area contributed by atoms with Crippen molar-refractivity contribution in [2.24, 2.45) is 0 Å². The van der Waals surface area contributed by atoms with Gasteiger partial charge in [0.25, 0.3) is 0 Å². The Kier molecular flexibility index (Phi) is 2.92. The molecule has 1 aliphatic carbocycles. The van der Waals surface area contributed by atoms with Gasteiger partial charge in [-0.05, 0) is 37.6 Å². The summed E-state index contributed by atoms with van der Waals surface area (Å²) >= 11 is 0. The van der Waals surface area contributed by atoms with E-state index in [4.69, 9.17) is 4.98 Å². The number of pyridine rings is 1. The van der Waals surface area contributed by atoms with Crippen LogP contribution in [0.4, 0.5) is 5.82 Å². The lowest BCUT2D eigenvalue weighted by Crippen LogP contribution is -2.21. The van der Waals surface area contributed by atoms with Crippen molar-refractivity contribution in [3.05, 3.63) is 35.9 Å². The standard InChI is InChI=1S/C15H19N3/c1-16-10-11-9-15(18(2)12-7-8-12)17-14-6-4-3-5-13(11)14/h3-6,9,12,16H,7-8,10H2,1-2H3. The molecule has 3 rings (SSSR count). The van der Waals surface area contributed by atoms with Crippen LogP contribution in [0, 0.1) is 0 Å². The molecule has 0 unspecified atom stereocenters. The van der Waals surface area contributed by atoms with E-state index in [1.54, 1.807) is 0 Å². The highest BCUT2D eigenvalue weighted by atomic mass is 15.2. The summed E-state index contributed by atoms with van der Waals surface area (Å²) in [6, 6.07) is 11.3. The fourth-order valence-electron chi connectivity index (χ4n) is 2.40. The lowest BCUT2D eigenvalue weighted by Gasteiger charge is -2.19. The van der Waals surface area contributed by atoms with Crippen molar-refractivity contribution in [1.29, 1.82) is 0 Å². The summed E-state index contributed by atoms with van der Waals surface area (Å²) < 4.78 is 0. The summed E-state index contributed by atoms with van der Waals surface area (Å²) in [5, 5.41) is 4.49. The highest BCUT2D eigenvalue weighted by Crippen LogP contribution is 2.31. The van der Waals surface area contributed by atoms with Gasteiger partial charge in [0, 0.05) is 25.0 Å². The Hall–Kier alpha value is -1.61. The topological polar surface area (TPSA) is 28.2 Å². The number of nitrogens with one attached hydrogen (secondary N) is 1. The van der Waals surface area contributed by atoms with Gasteiger partial charge in [-0.25, -0.2) is 4.98 Å². The largest absolute Gasteiger partial charge is 0.357 e. The van der Waals surface area contributed by atoms with E-state index in [9.17, 15) is 0 Å². The molecule has 0 bridgehead atoms. The average molecular weight is 241 g/mol. The van der Waals surface area contributed by atoms with Gasteiger partial charge in [-0.2, -0.15) is 0 Å². The Morgan fingerprint density at radius 3 is 2.83 bits per heavy atom. The van der Waals surface area contributed by atoms with Gasteiger partial charge >= 0.3 is 0 Å². The molecule has 94 valence electrons. The first-order chi connectivity index (χ1) is 8.79. The van der Waals surface area contributed by atoms with Gasteiger partial charge in [0.15, 0.2) is 0 Å². The predicted molar refractivity (Wildman–Crippen MR) is 75.9 cm³/mol. The first-order valence-corrected chi connectivity index (χ1v) is 6.55. The molecule has 0 atom stereocenters. The number of benzene rings is 1. The van der Waals surface area contributed by atoms with E-state index < -0.39 is 0 Å². The zero-order valence-electron chi connectivity index (χ0n) is 11.0. The first-order valence-electron chi connectivity index (χ1n) is 6.55. The maximum atomic E-state index is 4.78. The normalized spacial score (nSPS) is 15.0. The van der Waals surface area contributed by atoms with E-state index in [2.05, 4.69) is 47.6 Å². The maximum absolute atomic E-state index is 4.78. The molecule has 1 heterocycles. The van der Waals surface area contributed by atoms with Crippen molar-refractivity contribution < 1.29 is 0 Å². The van der Waals surface area contributed by atoms with Crippen LogP contribution in [0.1, 0.15) is 18.4 Å². The summed E-state index contributed by atoms with van der Waals surface area (Å²) in [7, 11) is 4.14. The predicted octanol–water partition coefficient (Wildman–Crippen LogP) is 2.55. The minimum absolute atomic E-state index is 0.695. The SMILES string of the molecule is CNCc1cc(N(C)C2CC2)nc2ccccc12. The lowest BCUT2D eigenvalue weighted by molar-refractivity contribution is 0.818. The molecule has 1 N–H and O–H groups in total. The molecule has 0 radical (unpaired) electrons. The minimum Gasteiger partial charge on any atom is -0.357 e. The highest BCUT2D eigenvalue weighted by molar-refractivity contribution is 5.84. The number of hydrogen-bond donors (Lipinski definition) is 1. The molecular weight excluding hydrogens is 222 g/mol. The minimum atomic E-state index is 0.695.